The number of nitro groups is 1. The van der Waals surface area contributed by atoms with Gasteiger partial charge in [0.05, 0.1) is 6.04 Å². The Kier molecular flexibility index (Phi) is 3.37. The number of benzene rings is 1. The lowest BCUT2D eigenvalue weighted by molar-refractivity contribution is -0.389. The van der Waals surface area contributed by atoms with Crippen molar-refractivity contribution >= 4 is 11.6 Å². The van der Waals surface area contributed by atoms with Crippen molar-refractivity contribution in [1.82, 2.24) is 9.55 Å². The van der Waals surface area contributed by atoms with Crippen molar-refractivity contribution in [2.45, 2.75) is 13.0 Å². The quantitative estimate of drug-likeness (QED) is 0.482. The lowest BCUT2D eigenvalue weighted by atomic mass is 10.1. The van der Waals surface area contributed by atoms with Gasteiger partial charge in [-0.3, -0.25) is 9.36 Å². The first kappa shape index (κ1) is 12.9. The van der Waals surface area contributed by atoms with E-state index in [9.17, 15) is 19.3 Å². The molecule has 0 N–H and O–H groups in total. The average molecular weight is 263 g/mol. The molecule has 0 saturated carbocycles. The molecule has 1 atom stereocenters. The number of aromatic nitrogens is 2. The first-order chi connectivity index (χ1) is 8.99. The monoisotopic (exact) mass is 263 g/mol. The van der Waals surface area contributed by atoms with E-state index in [1.807, 2.05) is 0 Å². The molecular formula is C12H10FN3O3. The van der Waals surface area contributed by atoms with E-state index >= 15 is 0 Å². The van der Waals surface area contributed by atoms with Gasteiger partial charge in [-0.05, 0) is 41.1 Å². The predicted octanol–water partition coefficient (Wildman–Crippen LogP) is 2.37. The molecule has 0 spiro atoms. The number of halogens is 1. The van der Waals surface area contributed by atoms with Crippen molar-refractivity contribution in [3.63, 3.8) is 0 Å². The normalized spacial score (nSPS) is 12.1. The third-order valence-corrected chi connectivity index (χ3v) is 2.73. The first-order valence-electron chi connectivity index (χ1n) is 5.46. The van der Waals surface area contributed by atoms with Gasteiger partial charge in [0.25, 0.3) is 0 Å². The van der Waals surface area contributed by atoms with E-state index < -0.39 is 16.8 Å². The Hall–Kier alpha value is -2.57. The van der Waals surface area contributed by atoms with E-state index in [1.54, 1.807) is 6.92 Å². The maximum Gasteiger partial charge on any atom is 0.381 e. The third kappa shape index (κ3) is 2.65. The van der Waals surface area contributed by atoms with Crippen LogP contribution in [0.4, 0.5) is 10.2 Å². The molecule has 0 amide bonds. The van der Waals surface area contributed by atoms with Crippen LogP contribution < -0.4 is 0 Å². The van der Waals surface area contributed by atoms with E-state index in [-0.39, 0.29) is 11.6 Å². The summed E-state index contributed by atoms with van der Waals surface area (Å²) in [7, 11) is 0. The minimum atomic E-state index is -0.647. The number of imidazole rings is 1. The Balaban J connectivity index is 2.22. The van der Waals surface area contributed by atoms with Crippen molar-refractivity contribution in [1.29, 1.82) is 0 Å². The minimum Gasteiger partial charge on any atom is -0.358 e. The van der Waals surface area contributed by atoms with Gasteiger partial charge in [0.15, 0.2) is 5.78 Å². The van der Waals surface area contributed by atoms with E-state index in [4.69, 9.17) is 0 Å². The highest BCUT2D eigenvalue weighted by atomic mass is 19.1. The summed E-state index contributed by atoms with van der Waals surface area (Å²) in [5, 5.41) is 10.5. The van der Waals surface area contributed by atoms with Crippen molar-refractivity contribution in [3.05, 3.63) is 58.3 Å². The molecule has 0 aliphatic rings. The summed E-state index contributed by atoms with van der Waals surface area (Å²) in [6.45, 7) is 1.59. The number of hydrogen-bond acceptors (Lipinski definition) is 4. The molecule has 2 rings (SSSR count). The van der Waals surface area contributed by atoms with Gasteiger partial charge in [-0.1, -0.05) is 0 Å². The number of hydrogen-bond donors (Lipinski definition) is 0. The van der Waals surface area contributed by atoms with Crippen molar-refractivity contribution in [3.8, 4) is 0 Å². The van der Waals surface area contributed by atoms with Crippen LogP contribution in [-0.4, -0.2) is 20.3 Å². The highest BCUT2D eigenvalue weighted by Gasteiger charge is 2.20. The van der Waals surface area contributed by atoms with Crippen LogP contribution in [0.25, 0.3) is 0 Å². The number of rotatable bonds is 4. The van der Waals surface area contributed by atoms with Gasteiger partial charge >= 0.3 is 5.82 Å². The van der Waals surface area contributed by atoms with Gasteiger partial charge in [-0.25, -0.2) is 4.39 Å². The Bertz CT molecular complexity index is 621. The highest BCUT2D eigenvalue weighted by Crippen LogP contribution is 2.17. The van der Waals surface area contributed by atoms with Crippen LogP contribution in [0.1, 0.15) is 23.3 Å². The SMILES string of the molecule is CC(C(=O)c1ccc(F)cc1)n1cnc([N+](=O)[O-])c1. The van der Waals surface area contributed by atoms with Crippen LogP contribution in [0.5, 0.6) is 0 Å². The first-order valence-corrected chi connectivity index (χ1v) is 5.46. The predicted molar refractivity (Wildman–Crippen MR) is 64.3 cm³/mol. The van der Waals surface area contributed by atoms with Gasteiger partial charge in [0, 0.05) is 5.56 Å². The van der Waals surface area contributed by atoms with Crippen LogP contribution in [0, 0.1) is 15.9 Å². The molecule has 7 heteroatoms. The fourth-order valence-corrected chi connectivity index (χ4v) is 1.62. The van der Waals surface area contributed by atoms with Crippen molar-refractivity contribution in [2.75, 3.05) is 0 Å². The Labute approximate surface area is 107 Å². The fourth-order valence-electron chi connectivity index (χ4n) is 1.62. The van der Waals surface area contributed by atoms with Crippen LogP contribution in [0.3, 0.4) is 0 Å². The largest absolute Gasteiger partial charge is 0.381 e. The van der Waals surface area contributed by atoms with E-state index in [1.165, 1.54) is 41.4 Å². The standard InChI is InChI=1S/C12H10FN3O3/c1-8(15-6-11(14-7-15)16(18)19)12(17)9-2-4-10(13)5-3-9/h2-8H,1H3. The lowest BCUT2D eigenvalue weighted by Gasteiger charge is -2.10. The number of ketones is 1. The molecule has 6 nitrogen and oxygen atoms in total. The van der Waals surface area contributed by atoms with E-state index in [0.717, 1.165) is 0 Å². The van der Waals surface area contributed by atoms with E-state index in [2.05, 4.69) is 4.98 Å². The van der Waals surface area contributed by atoms with Gasteiger partial charge in [0.2, 0.25) is 6.33 Å². The summed E-state index contributed by atoms with van der Waals surface area (Å²) in [4.78, 5) is 25.6. The molecule has 0 radical (unpaired) electrons. The number of Topliss-reactive ketones (excluding diaryl/α,β-unsaturated/α-hetero) is 1. The minimum absolute atomic E-state index is 0.271. The topological polar surface area (TPSA) is 78.0 Å². The average Bonchev–Trinajstić information content (AvgIpc) is 2.87. The second-order valence-electron chi connectivity index (χ2n) is 3.98. The second-order valence-corrected chi connectivity index (χ2v) is 3.98. The maximum atomic E-state index is 12.8. The molecule has 1 aromatic heterocycles. The van der Waals surface area contributed by atoms with Gasteiger partial charge in [-0.2, -0.15) is 0 Å². The molecule has 0 fully saturated rings. The second kappa shape index (κ2) is 4.97. The molecule has 0 bridgehead atoms. The number of carbonyl (C=O) groups is 1. The maximum absolute atomic E-state index is 12.8. The fraction of sp³-hybridized carbons (Fsp3) is 0.167. The van der Waals surface area contributed by atoms with Crippen molar-refractivity contribution < 1.29 is 14.1 Å². The summed E-state index contributed by atoms with van der Waals surface area (Å²) in [5.74, 6) is -1.02. The zero-order valence-electron chi connectivity index (χ0n) is 9.99. The molecule has 19 heavy (non-hydrogen) atoms. The molecule has 0 aliphatic carbocycles. The summed E-state index contributed by atoms with van der Waals surface area (Å²) >= 11 is 0. The molecule has 98 valence electrons. The molecular weight excluding hydrogens is 253 g/mol. The zero-order valence-corrected chi connectivity index (χ0v) is 9.99. The number of carbonyl (C=O) groups excluding carboxylic acids is 1. The van der Waals surface area contributed by atoms with Crippen LogP contribution in [0.2, 0.25) is 0 Å². The Morgan fingerprint density at radius 2 is 2.05 bits per heavy atom. The van der Waals surface area contributed by atoms with Crippen LogP contribution in [0.15, 0.2) is 36.8 Å². The third-order valence-electron chi connectivity index (χ3n) is 2.73. The summed E-state index contributed by atoms with van der Waals surface area (Å²) < 4.78 is 14.1. The van der Waals surface area contributed by atoms with Gasteiger partial charge < -0.3 is 10.1 Å². The molecule has 1 aromatic carbocycles. The molecule has 0 aliphatic heterocycles. The van der Waals surface area contributed by atoms with Gasteiger partial charge in [-0.15, -0.1) is 0 Å². The Morgan fingerprint density at radius 1 is 1.42 bits per heavy atom. The molecule has 1 unspecified atom stereocenters. The smallest absolute Gasteiger partial charge is 0.358 e. The highest BCUT2D eigenvalue weighted by molar-refractivity contribution is 5.98. The summed E-state index contributed by atoms with van der Waals surface area (Å²) in [5.41, 5.74) is 0.338. The van der Waals surface area contributed by atoms with Crippen LogP contribution in [-0.2, 0) is 0 Å². The van der Waals surface area contributed by atoms with Crippen LogP contribution >= 0.6 is 0 Å². The van der Waals surface area contributed by atoms with E-state index in [0.29, 0.717) is 5.56 Å². The molecule has 2 aromatic rings. The molecule has 0 saturated heterocycles. The Morgan fingerprint density at radius 3 is 2.58 bits per heavy atom. The lowest BCUT2D eigenvalue weighted by Crippen LogP contribution is -2.15. The molecule has 1 heterocycles. The summed E-state index contributed by atoms with van der Waals surface area (Å²) in [6.07, 6.45) is 2.41. The van der Waals surface area contributed by atoms with Gasteiger partial charge in [0.1, 0.15) is 12.0 Å². The zero-order chi connectivity index (χ0) is 14.0. The number of nitrogens with zero attached hydrogens (tertiary/aromatic N) is 3. The summed E-state index contributed by atoms with van der Waals surface area (Å²) in [6, 6.07) is 4.48. The van der Waals surface area contributed by atoms with Crippen molar-refractivity contribution in [2.24, 2.45) is 0 Å².